The van der Waals surface area contributed by atoms with Crippen LogP contribution in [0.1, 0.15) is 29.1 Å². The molecule has 1 aliphatic rings. The van der Waals surface area contributed by atoms with Crippen molar-refractivity contribution in [3.63, 3.8) is 0 Å². The molecule has 3 rings (SSSR count). The Kier molecular flexibility index (Phi) is 4.92. The first-order valence-corrected chi connectivity index (χ1v) is 7.78. The number of hydrogen-bond acceptors (Lipinski definition) is 6. The van der Waals surface area contributed by atoms with Gasteiger partial charge >= 0.3 is 12.1 Å². The van der Waals surface area contributed by atoms with Crippen molar-refractivity contribution >= 4 is 11.6 Å². The first kappa shape index (κ1) is 17.9. The lowest BCUT2D eigenvalue weighted by Gasteiger charge is -2.27. The molecule has 7 nitrogen and oxygen atoms in total. The average Bonchev–Trinajstić information content (AvgIpc) is 3.13. The normalized spacial score (nSPS) is 15.1. The Balaban J connectivity index is 1.69. The Bertz CT molecular complexity index is 805. The van der Waals surface area contributed by atoms with E-state index >= 15 is 0 Å². The van der Waals surface area contributed by atoms with Crippen LogP contribution in [0.5, 0.6) is 0 Å². The van der Waals surface area contributed by atoms with Crippen LogP contribution in [0.4, 0.5) is 13.2 Å². The van der Waals surface area contributed by atoms with Gasteiger partial charge in [0.05, 0.1) is 5.71 Å². The summed E-state index contributed by atoms with van der Waals surface area (Å²) in [6.45, 7) is 1.06. The van der Waals surface area contributed by atoms with E-state index in [0.29, 0.717) is 37.1 Å². The van der Waals surface area contributed by atoms with Gasteiger partial charge in [-0.15, -0.1) is 0 Å². The van der Waals surface area contributed by atoms with Crippen molar-refractivity contribution in [1.82, 2.24) is 15.0 Å². The number of hydrogen-bond donors (Lipinski definition) is 0. The average molecular weight is 368 g/mol. The zero-order valence-corrected chi connectivity index (χ0v) is 13.8. The molecule has 0 unspecified atom stereocenters. The van der Waals surface area contributed by atoms with E-state index in [0.717, 1.165) is 5.71 Å². The Morgan fingerprint density at radius 3 is 2.42 bits per heavy atom. The van der Waals surface area contributed by atoms with E-state index in [1.807, 2.05) is 0 Å². The summed E-state index contributed by atoms with van der Waals surface area (Å²) in [5.74, 6) is -1.75. The molecule has 0 aliphatic carbocycles. The lowest BCUT2D eigenvalue weighted by Crippen LogP contribution is -2.38. The number of aromatic nitrogens is 2. The van der Waals surface area contributed by atoms with Gasteiger partial charge < -0.3 is 14.3 Å². The lowest BCUT2D eigenvalue weighted by molar-refractivity contribution is -0.159. The highest BCUT2D eigenvalue weighted by Gasteiger charge is 2.38. The van der Waals surface area contributed by atoms with Crippen molar-refractivity contribution in [2.75, 3.05) is 20.2 Å². The highest BCUT2D eigenvalue weighted by molar-refractivity contribution is 5.96. The van der Waals surface area contributed by atoms with Gasteiger partial charge in [0.15, 0.2) is 0 Å². The fraction of sp³-hybridized carbons (Fsp3) is 0.375. The summed E-state index contributed by atoms with van der Waals surface area (Å²) in [6, 6.07) is 6.03. The smallest absolute Gasteiger partial charge is 0.399 e. The highest BCUT2D eigenvalue weighted by Crippen LogP contribution is 2.29. The van der Waals surface area contributed by atoms with Crippen LogP contribution < -0.4 is 0 Å². The summed E-state index contributed by atoms with van der Waals surface area (Å²) in [5, 5.41) is 7.21. The fourth-order valence-electron chi connectivity index (χ4n) is 2.59. The second-order valence-electron chi connectivity index (χ2n) is 5.63. The summed E-state index contributed by atoms with van der Waals surface area (Å²) in [4.78, 5) is 22.3. The van der Waals surface area contributed by atoms with Crippen LogP contribution in [-0.4, -0.2) is 46.9 Å². The van der Waals surface area contributed by atoms with Crippen LogP contribution in [0.2, 0.25) is 0 Å². The first-order chi connectivity index (χ1) is 12.4. The second kappa shape index (κ2) is 7.14. The third-order valence-corrected chi connectivity index (χ3v) is 3.91. The summed E-state index contributed by atoms with van der Waals surface area (Å²) in [6.07, 6.45) is -3.41. The maximum absolute atomic E-state index is 12.5. The number of carbonyl (C=O) groups is 1. The maximum atomic E-state index is 12.5. The number of oxime groups is 1. The molecule has 1 aromatic carbocycles. The number of likely N-dealkylation sites (tertiary alicyclic amines) is 1. The van der Waals surface area contributed by atoms with Crippen LogP contribution in [0.15, 0.2) is 33.9 Å². The van der Waals surface area contributed by atoms with Gasteiger partial charge in [-0.2, -0.15) is 18.2 Å². The predicted molar refractivity (Wildman–Crippen MR) is 84.3 cm³/mol. The molecule has 0 radical (unpaired) electrons. The largest absolute Gasteiger partial charge is 0.471 e. The van der Waals surface area contributed by atoms with Crippen LogP contribution in [0.25, 0.3) is 11.4 Å². The summed E-state index contributed by atoms with van der Waals surface area (Å²) in [5.41, 5.74) is 1.67. The summed E-state index contributed by atoms with van der Waals surface area (Å²) in [7, 11) is 1.48. The van der Waals surface area contributed by atoms with Gasteiger partial charge in [-0.3, -0.25) is 4.79 Å². The van der Waals surface area contributed by atoms with E-state index in [4.69, 9.17) is 4.84 Å². The van der Waals surface area contributed by atoms with Crippen LogP contribution in [0, 0.1) is 0 Å². The predicted octanol–water partition coefficient (Wildman–Crippen LogP) is 2.99. The molecule has 1 aromatic heterocycles. The molecule has 10 heteroatoms. The second-order valence-corrected chi connectivity index (χ2v) is 5.63. The third kappa shape index (κ3) is 3.84. The van der Waals surface area contributed by atoms with E-state index < -0.39 is 12.1 Å². The molecule has 0 saturated carbocycles. The van der Waals surface area contributed by atoms with Gasteiger partial charge in [-0.1, -0.05) is 22.4 Å². The number of rotatable bonds is 3. The number of alkyl halides is 3. The van der Waals surface area contributed by atoms with Crippen LogP contribution in [-0.2, 0) is 11.0 Å². The molecule has 0 N–H and O–H groups in total. The molecule has 1 saturated heterocycles. The van der Waals surface area contributed by atoms with Crippen molar-refractivity contribution in [3.05, 3.63) is 35.7 Å². The van der Waals surface area contributed by atoms with Crippen LogP contribution >= 0.6 is 0 Å². The Labute approximate surface area is 146 Å². The topological polar surface area (TPSA) is 80.8 Å². The number of nitrogens with zero attached hydrogens (tertiary/aromatic N) is 4. The Hall–Kier alpha value is -2.91. The van der Waals surface area contributed by atoms with Crippen LogP contribution in [0.3, 0.4) is 0 Å². The molecule has 1 fully saturated rings. The van der Waals surface area contributed by atoms with Gasteiger partial charge in [0.2, 0.25) is 5.82 Å². The Morgan fingerprint density at radius 2 is 1.88 bits per heavy atom. The molecule has 1 aliphatic heterocycles. The Morgan fingerprint density at radius 1 is 1.23 bits per heavy atom. The monoisotopic (exact) mass is 368 g/mol. The summed E-state index contributed by atoms with van der Waals surface area (Å²) >= 11 is 0. The van der Waals surface area contributed by atoms with Crippen molar-refractivity contribution < 1.29 is 27.3 Å². The lowest BCUT2D eigenvalue weighted by atomic mass is 10.1. The van der Waals surface area contributed by atoms with E-state index in [-0.39, 0.29) is 11.7 Å². The zero-order chi connectivity index (χ0) is 18.7. The van der Waals surface area contributed by atoms with Crippen molar-refractivity contribution in [1.29, 1.82) is 0 Å². The van der Waals surface area contributed by atoms with Gasteiger partial charge in [-0.05, 0) is 12.1 Å². The third-order valence-electron chi connectivity index (χ3n) is 3.91. The quantitative estimate of drug-likeness (QED) is 0.778. The van der Waals surface area contributed by atoms with Gasteiger partial charge in [0.1, 0.15) is 7.11 Å². The van der Waals surface area contributed by atoms with Crippen molar-refractivity contribution in [2.24, 2.45) is 5.16 Å². The first-order valence-electron chi connectivity index (χ1n) is 7.78. The summed E-state index contributed by atoms with van der Waals surface area (Å²) < 4.78 is 41.7. The van der Waals surface area contributed by atoms with E-state index in [1.54, 1.807) is 4.90 Å². The van der Waals surface area contributed by atoms with Crippen molar-refractivity contribution in [3.8, 4) is 11.4 Å². The molecule has 0 bridgehead atoms. The SMILES string of the molecule is CON=C1CCN(C(=O)c2ccc(-c3noc(C(F)(F)F)n3)cc2)CC1. The molecule has 138 valence electrons. The van der Waals surface area contributed by atoms with E-state index in [9.17, 15) is 18.0 Å². The number of amides is 1. The highest BCUT2D eigenvalue weighted by atomic mass is 19.4. The maximum Gasteiger partial charge on any atom is 0.471 e. The molecule has 26 heavy (non-hydrogen) atoms. The molecule has 2 heterocycles. The zero-order valence-electron chi connectivity index (χ0n) is 13.8. The van der Waals surface area contributed by atoms with E-state index in [2.05, 4.69) is 19.8 Å². The molecule has 0 atom stereocenters. The minimum atomic E-state index is -4.69. The molecule has 0 spiro atoms. The number of halogens is 3. The minimum Gasteiger partial charge on any atom is -0.399 e. The fourth-order valence-corrected chi connectivity index (χ4v) is 2.59. The van der Waals surface area contributed by atoms with Gasteiger partial charge in [0.25, 0.3) is 5.91 Å². The standard InChI is InChI=1S/C16H15F3N4O3/c1-25-21-12-6-8-23(9-7-12)14(24)11-4-2-10(3-5-11)13-20-15(26-22-13)16(17,18)19/h2-5H,6-9H2,1H3. The molecule has 1 amide bonds. The number of benzene rings is 1. The molecular formula is C16H15F3N4O3. The van der Waals surface area contributed by atoms with E-state index in [1.165, 1.54) is 31.4 Å². The van der Waals surface area contributed by atoms with Gasteiger partial charge in [-0.25, -0.2) is 0 Å². The number of carbonyl (C=O) groups excluding carboxylic acids is 1. The van der Waals surface area contributed by atoms with Gasteiger partial charge in [0, 0.05) is 37.1 Å². The van der Waals surface area contributed by atoms with Crippen molar-refractivity contribution in [2.45, 2.75) is 19.0 Å². The minimum absolute atomic E-state index is 0.155. The number of piperidine rings is 1. The molecule has 2 aromatic rings. The molecular weight excluding hydrogens is 353 g/mol.